The van der Waals surface area contributed by atoms with E-state index in [1.54, 1.807) is 14.2 Å². The molecule has 2 unspecified atom stereocenters. The Bertz CT molecular complexity index is 190. The van der Waals surface area contributed by atoms with Crippen LogP contribution in [0.1, 0.15) is 13.8 Å². The molecule has 0 aromatic heterocycles. The second-order valence-electron chi connectivity index (χ2n) is 2.73. The predicted molar refractivity (Wildman–Crippen MR) is 49.8 cm³/mol. The maximum absolute atomic E-state index is 10.6. The van der Waals surface area contributed by atoms with Crippen molar-refractivity contribution in [3.63, 3.8) is 0 Å². The highest BCUT2D eigenvalue weighted by Crippen LogP contribution is 2.13. The minimum atomic E-state index is -5.08. The molecule has 0 saturated heterocycles. The Morgan fingerprint density at radius 3 is 1.56 bits per heavy atom. The average Bonchev–Trinajstić information content (AvgIpc) is 2.16. The van der Waals surface area contributed by atoms with Gasteiger partial charge in [-0.15, -0.1) is 0 Å². The summed E-state index contributed by atoms with van der Waals surface area (Å²) in [4.78, 5) is 8.90. The second kappa shape index (κ2) is 8.31. The van der Waals surface area contributed by atoms with E-state index in [9.17, 15) is 13.2 Å². The van der Waals surface area contributed by atoms with Crippen LogP contribution < -0.4 is 5.32 Å². The normalized spacial score (nSPS) is 14.7. The van der Waals surface area contributed by atoms with E-state index in [1.165, 1.54) is 0 Å². The van der Waals surface area contributed by atoms with Gasteiger partial charge in [-0.25, -0.2) is 4.79 Å². The highest BCUT2D eigenvalue weighted by Gasteiger charge is 2.38. The number of nitrogens with one attached hydrogen (secondary N) is 1. The fraction of sp³-hybridized carbons (Fsp3) is 0.875. The van der Waals surface area contributed by atoms with Crippen LogP contribution in [-0.2, 0) is 14.3 Å². The zero-order valence-electron chi connectivity index (χ0n) is 9.46. The van der Waals surface area contributed by atoms with E-state index in [1.807, 2.05) is 13.8 Å². The van der Waals surface area contributed by atoms with E-state index < -0.39 is 12.1 Å². The SMILES string of the molecule is COC(C)NC(C)OC.O=C(O)C(F)(F)F. The number of aliphatic carboxylic acids is 1. The third-order valence-corrected chi connectivity index (χ3v) is 1.42. The molecule has 0 aliphatic rings. The van der Waals surface area contributed by atoms with Gasteiger partial charge in [-0.05, 0) is 13.8 Å². The molecule has 5 nitrogen and oxygen atoms in total. The molecule has 0 heterocycles. The average molecular weight is 247 g/mol. The van der Waals surface area contributed by atoms with Crippen molar-refractivity contribution in [3.8, 4) is 0 Å². The molecule has 0 aromatic carbocycles. The molecule has 0 rings (SSSR count). The number of hydrogen-bond acceptors (Lipinski definition) is 4. The molecule has 0 radical (unpaired) electrons. The van der Waals surface area contributed by atoms with Crippen LogP contribution in [-0.4, -0.2) is 43.9 Å². The van der Waals surface area contributed by atoms with Crippen molar-refractivity contribution in [2.45, 2.75) is 32.5 Å². The van der Waals surface area contributed by atoms with Gasteiger partial charge in [0.1, 0.15) is 12.5 Å². The van der Waals surface area contributed by atoms with Gasteiger partial charge in [0, 0.05) is 14.2 Å². The van der Waals surface area contributed by atoms with Gasteiger partial charge in [0.05, 0.1) is 0 Å². The first-order valence-corrected chi connectivity index (χ1v) is 4.26. The summed E-state index contributed by atoms with van der Waals surface area (Å²) >= 11 is 0. The first-order valence-electron chi connectivity index (χ1n) is 4.26. The Labute approximate surface area is 91.5 Å². The van der Waals surface area contributed by atoms with Crippen LogP contribution in [0.4, 0.5) is 13.2 Å². The number of carboxylic acid groups (broad SMARTS) is 1. The summed E-state index contributed by atoms with van der Waals surface area (Å²) in [6.07, 6.45) is -4.97. The van der Waals surface area contributed by atoms with Crippen molar-refractivity contribution in [1.82, 2.24) is 5.32 Å². The van der Waals surface area contributed by atoms with Crippen molar-refractivity contribution < 1.29 is 32.5 Å². The fourth-order valence-electron chi connectivity index (χ4n) is 0.467. The third kappa shape index (κ3) is 11.2. The summed E-state index contributed by atoms with van der Waals surface area (Å²) < 4.78 is 41.6. The molecule has 98 valence electrons. The summed E-state index contributed by atoms with van der Waals surface area (Å²) in [5.74, 6) is -2.76. The van der Waals surface area contributed by atoms with Crippen LogP contribution >= 0.6 is 0 Å². The van der Waals surface area contributed by atoms with E-state index in [-0.39, 0.29) is 12.5 Å². The zero-order chi connectivity index (χ0) is 13.4. The fourth-order valence-corrected chi connectivity index (χ4v) is 0.467. The molecule has 0 aromatic rings. The monoisotopic (exact) mass is 247 g/mol. The van der Waals surface area contributed by atoms with Gasteiger partial charge in [0.2, 0.25) is 0 Å². The van der Waals surface area contributed by atoms with Crippen LogP contribution in [0.5, 0.6) is 0 Å². The Morgan fingerprint density at radius 1 is 1.19 bits per heavy atom. The number of carboxylic acids is 1. The zero-order valence-corrected chi connectivity index (χ0v) is 9.46. The van der Waals surface area contributed by atoms with Gasteiger partial charge in [-0.2, -0.15) is 13.2 Å². The number of halogens is 3. The topological polar surface area (TPSA) is 67.8 Å². The first kappa shape index (κ1) is 17.5. The van der Waals surface area contributed by atoms with Crippen LogP contribution in [0.2, 0.25) is 0 Å². The molecule has 0 spiro atoms. The number of methoxy groups -OCH3 is 2. The number of ether oxygens (including phenoxy) is 2. The van der Waals surface area contributed by atoms with Gasteiger partial charge in [-0.3, -0.25) is 5.32 Å². The van der Waals surface area contributed by atoms with Crippen molar-refractivity contribution in [2.75, 3.05) is 14.2 Å². The van der Waals surface area contributed by atoms with Gasteiger partial charge in [-0.1, -0.05) is 0 Å². The molecule has 0 saturated carbocycles. The van der Waals surface area contributed by atoms with Crippen LogP contribution in [0, 0.1) is 0 Å². The van der Waals surface area contributed by atoms with E-state index in [4.69, 9.17) is 19.4 Å². The Kier molecular flexibility index (Phi) is 9.11. The number of carbonyl (C=O) groups is 1. The standard InChI is InChI=1S/C6H15NO2.C2HF3O2/c1-5(8-3)7-6(2)9-4;3-2(4,5)1(6)7/h5-7H,1-4H3;(H,6,7). The lowest BCUT2D eigenvalue weighted by Crippen LogP contribution is -2.36. The third-order valence-electron chi connectivity index (χ3n) is 1.42. The maximum Gasteiger partial charge on any atom is 0.490 e. The molecule has 0 amide bonds. The van der Waals surface area contributed by atoms with Crippen LogP contribution in [0.3, 0.4) is 0 Å². The quantitative estimate of drug-likeness (QED) is 0.730. The second-order valence-corrected chi connectivity index (χ2v) is 2.73. The number of hydrogen-bond donors (Lipinski definition) is 2. The molecule has 2 atom stereocenters. The molecule has 8 heteroatoms. The van der Waals surface area contributed by atoms with Gasteiger partial charge in [0.15, 0.2) is 0 Å². The van der Waals surface area contributed by atoms with E-state index in [2.05, 4.69) is 5.32 Å². The Hall–Kier alpha value is -0.860. The van der Waals surface area contributed by atoms with E-state index in [0.717, 1.165) is 0 Å². The largest absolute Gasteiger partial charge is 0.490 e. The Balaban J connectivity index is 0. The van der Waals surface area contributed by atoms with Crippen LogP contribution in [0.25, 0.3) is 0 Å². The smallest absolute Gasteiger partial charge is 0.475 e. The van der Waals surface area contributed by atoms with Crippen LogP contribution in [0.15, 0.2) is 0 Å². The predicted octanol–water partition coefficient (Wildman–Crippen LogP) is 1.19. The summed E-state index contributed by atoms with van der Waals surface area (Å²) in [7, 11) is 3.31. The first-order chi connectivity index (χ1) is 7.15. The molecular weight excluding hydrogens is 231 g/mol. The summed E-state index contributed by atoms with van der Waals surface area (Å²) in [6.45, 7) is 3.85. The Morgan fingerprint density at radius 2 is 1.44 bits per heavy atom. The molecular formula is C8H16F3NO4. The molecule has 0 bridgehead atoms. The summed E-state index contributed by atoms with van der Waals surface area (Å²) in [6, 6.07) is 0. The van der Waals surface area contributed by atoms with Crippen molar-refractivity contribution in [1.29, 1.82) is 0 Å². The maximum atomic E-state index is 10.6. The van der Waals surface area contributed by atoms with Gasteiger partial charge >= 0.3 is 12.1 Å². The summed E-state index contributed by atoms with van der Waals surface area (Å²) in [5, 5.41) is 10.2. The minimum absolute atomic E-state index is 0.0555. The summed E-state index contributed by atoms with van der Waals surface area (Å²) in [5.41, 5.74) is 0. The van der Waals surface area contributed by atoms with E-state index >= 15 is 0 Å². The molecule has 2 N–H and O–H groups in total. The molecule has 16 heavy (non-hydrogen) atoms. The van der Waals surface area contributed by atoms with Gasteiger partial charge in [0.25, 0.3) is 0 Å². The minimum Gasteiger partial charge on any atom is -0.475 e. The lowest BCUT2D eigenvalue weighted by molar-refractivity contribution is -0.192. The lowest BCUT2D eigenvalue weighted by atomic mass is 10.5. The molecule has 0 fully saturated rings. The van der Waals surface area contributed by atoms with Gasteiger partial charge < -0.3 is 14.6 Å². The van der Waals surface area contributed by atoms with Crippen molar-refractivity contribution >= 4 is 5.97 Å². The highest BCUT2D eigenvalue weighted by molar-refractivity contribution is 5.73. The lowest BCUT2D eigenvalue weighted by Gasteiger charge is -2.16. The van der Waals surface area contributed by atoms with Crippen molar-refractivity contribution in [2.24, 2.45) is 0 Å². The van der Waals surface area contributed by atoms with Crippen molar-refractivity contribution in [3.05, 3.63) is 0 Å². The number of rotatable bonds is 4. The molecule has 0 aliphatic carbocycles. The molecule has 0 aliphatic heterocycles. The highest BCUT2D eigenvalue weighted by atomic mass is 19.4. The van der Waals surface area contributed by atoms with E-state index in [0.29, 0.717) is 0 Å². The number of alkyl halides is 3.